The van der Waals surface area contributed by atoms with Crippen LogP contribution in [0.15, 0.2) is 0 Å². The second-order valence-corrected chi connectivity index (χ2v) is 7.32. The van der Waals surface area contributed by atoms with Crippen molar-refractivity contribution in [3.05, 3.63) is 0 Å². The first-order valence-electron chi connectivity index (χ1n) is 7.84. The van der Waals surface area contributed by atoms with Crippen LogP contribution in [-0.2, 0) is 0 Å². The third-order valence-corrected chi connectivity index (χ3v) is 6.58. The topological polar surface area (TPSA) is 6.48 Å². The first kappa shape index (κ1) is 13.4. The van der Waals surface area contributed by atoms with Gasteiger partial charge < -0.3 is 4.90 Å². The summed E-state index contributed by atoms with van der Waals surface area (Å²) in [6, 6.07) is 0.876. The number of halogens is 1. The quantitative estimate of drug-likeness (QED) is 0.739. The molecule has 1 atom stereocenters. The van der Waals surface area contributed by atoms with Crippen molar-refractivity contribution in [2.45, 2.75) is 51.0 Å². The molecule has 0 aromatic rings. The minimum Gasteiger partial charge on any atom is -0.301 e. The van der Waals surface area contributed by atoms with E-state index in [4.69, 9.17) is 0 Å². The highest BCUT2D eigenvalue weighted by Gasteiger charge is 2.36. The summed E-state index contributed by atoms with van der Waals surface area (Å²) >= 11 is 3.80. The van der Waals surface area contributed by atoms with Gasteiger partial charge in [-0.1, -0.05) is 28.8 Å². The predicted molar refractivity (Wildman–Crippen MR) is 80.3 cm³/mol. The van der Waals surface area contributed by atoms with Crippen LogP contribution in [0, 0.1) is 5.41 Å². The van der Waals surface area contributed by atoms with Gasteiger partial charge in [0.25, 0.3) is 0 Å². The molecule has 0 N–H and O–H groups in total. The molecule has 3 rings (SSSR count). The van der Waals surface area contributed by atoms with Gasteiger partial charge in [-0.2, -0.15) is 0 Å². The molecule has 2 saturated heterocycles. The van der Waals surface area contributed by atoms with E-state index in [0.717, 1.165) is 6.04 Å². The van der Waals surface area contributed by atoms with E-state index in [2.05, 4.69) is 25.7 Å². The maximum atomic E-state index is 3.80. The summed E-state index contributed by atoms with van der Waals surface area (Å²) in [5.74, 6) is 0. The molecule has 3 heteroatoms. The molecular formula is C15H27BrN2. The fourth-order valence-corrected chi connectivity index (χ4v) is 5.10. The average molecular weight is 315 g/mol. The number of nitrogens with zero attached hydrogens (tertiary/aromatic N) is 2. The highest BCUT2D eigenvalue weighted by atomic mass is 79.9. The van der Waals surface area contributed by atoms with E-state index in [1.54, 1.807) is 0 Å². The average Bonchev–Trinajstić information content (AvgIpc) is 2.97. The Kier molecular flexibility index (Phi) is 4.32. The zero-order valence-corrected chi connectivity index (χ0v) is 13.1. The molecule has 0 amide bonds. The lowest BCUT2D eigenvalue weighted by molar-refractivity contribution is 0.157. The fraction of sp³-hybridized carbons (Fsp3) is 1.00. The molecule has 0 aromatic carbocycles. The number of rotatable bonds is 3. The number of fused-ring (bicyclic) bond motifs is 1. The zero-order valence-electron chi connectivity index (χ0n) is 11.5. The number of alkyl halides is 1. The Hall–Kier alpha value is 0.400. The molecule has 2 nitrogen and oxygen atoms in total. The lowest BCUT2D eigenvalue weighted by Gasteiger charge is -2.35. The lowest BCUT2D eigenvalue weighted by Crippen LogP contribution is -2.42. The summed E-state index contributed by atoms with van der Waals surface area (Å²) in [5, 5.41) is 1.21. The van der Waals surface area contributed by atoms with Gasteiger partial charge >= 0.3 is 0 Å². The minimum atomic E-state index is 0.605. The summed E-state index contributed by atoms with van der Waals surface area (Å²) in [6.45, 7) is 6.74. The third kappa shape index (κ3) is 2.78. The normalized spacial score (nSPS) is 33.5. The van der Waals surface area contributed by atoms with E-state index in [1.807, 2.05) is 0 Å². The smallest absolute Gasteiger partial charge is 0.0223 e. The van der Waals surface area contributed by atoms with Gasteiger partial charge in [0.05, 0.1) is 0 Å². The van der Waals surface area contributed by atoms with Gasteiger partial charge in [-0.3, -0.25) is 4.90 Å². The molecule has 2 aliphatic heterocycles. The first-order chi connectivity index (χ1) is 8.81. The van der Waals surface area contributed by atoms with Crippen LogP contribution in [0.25, 0.3) is 0 Å². The fourth-order valence-electron chi connectivity index (χ4n) is 4.36. The molecule has 1 unspecified atom stereocenters. The van der Waals surface area contributed by atoms with E-state index in [0.29, 0.717) is 5.41 Å². The molecule has 0 aromatic heterocycles. The van der Waals surface area contributed by atoms with Crippen LogP contribution < -0.4 is 0 Å². The Bertz CT molecular complexity index is 276. The summed E-state index contributed by atoms with van der Waals surface area (Å²) in [6.07, 6.45) is 10.1. The van der Waals surface area contributed by atoms with Crippen molar-refractivity contribution in [1.29, 1.82) is 0 Å². The summed E-state index contributed by atoms with van der Waals surface area (Å²) in [5.41, 5.74) is 0.605. The van der Waals surface area contributed by atoms with Crippen LogP contribution in [0.3, 0.4) is 0 Å². The van der Waals surface area contributed by atoms with Crippen LogP contribution in [0.5, 0.6) is 0 Å². The van der Waals surface area contributed by atoms with Crippen molar-refractivity contribution < 1.29 is 0 Å². The molecule has 1 saturated carbocycles. The molecule has 0 spiro atoms. The molecule has 3 fully saturated rings. The van der Waals surface area contributed by atoms with Crippen LogP contribution in [-0.4, -0.2) is 53.9 Å². The standard InChI is InChI=1S/C15H27BrN2/c16-12-15(6-1-2-7-15)13-17-8-4-10-18-9-3-5-14(18)11-17/h14H,1-13H2. The van der Waals surface area contributed by atoms with Gasteiger partial charge in [0.15, 0.2) is 0 Å². The van der Waals surface area contributed by atoms with Crippen molar-refractivity contribution >= 4 is 15.9 Å². The van der Waals surface area contributed by atoms with Crippen molar-refractivity contribution in [2.75, 3.05) is 38.1 Å². The zero-order chi connectivity index (χ0) is 12.4. The summed E-state index contributed by atoms with van der Waals surface area (Å²) < 4.78 is 0. The molecule has 104 valence electrons. The van der Waals surface area contributed by atoms with Gasteiger partial charge in [0.2, 0.25) is 0 Å². The highest BCUT2D eigenvalue weighted by Crippen LogP contribution is 2.40. The second kappa shape index (κ2) is 5.80. The van der Waals surface area contributed by atoms with Crippen LogP contribution >= 0.6 is 15.9 Å². The minimum absolute atomic E-state index is 0.605. The summed E-state index contributed by atoms with van der Waals surface area (Å²) in [4.78, 5) is 5.54. The van der Waals surface area contributed by atoms with Crippen molar-refractivity contribution in [2.24, 2.45) is 5.41 Å². The highest BCUT2D eigenvalue weighted by molar-refractivity contribution is 9.09. The number of hydrogen-bond acceptors (Lipinski definition) is 2. The lowest BCUT2D eigenvalue weighted by atomic mass is 9.88. The SMILES string of the molecule is BrCC1(CN2CCCN3CCCC3C2)CCCC1. The molecule has 18 heavy (non-hydrogen) atoms. The molecule has 0 bridgehead atoms. The third-order valence-electron chi connectivity index (χ3n) is 5.39. The van der Waals surface area contributed by atoms with E-state index in [-0.39, 0.29) is 0 Å². The van der Waals surface area contributed by atoms with E-state index in [9.17, 15) is 0 Å². The Morgan fingerprint density at radius 3 is 2.56 bits per heavy atom. The van der Waals surface area contributed by atoms with E-state index < -0.39 is 0 Å². The van der Waals surface area contributed by atoms with Crippen molar-refractivity contribution in [3.8, 4) is 0 Å². The summed E-state index contributed by atoms with van der Waals surface area (Å²) in [7, 11) is 0. The van der Waals surface area contributed by atoms with Gasteiger partial charge in [0.1, 0.15) is 0 Å². The predicted octanol–water partition coefficient (Wildman–Crippen LogP) is 3.11. The molecule has 2 heterocycles. The molecule has 3 aliphatic rings. The Labute approximate surface area is 120 Å². The van der Waals surface area contributed by atoms with Gasteiger partial charge in [-0.25, -0.2) is 0 Å². The van der Waals surface area contributed by atoms with Crippen LogP contribution in [0.1, 0.15) is 44.9 Å². The van der Waals surface area contributed by atoms with E-state index >= 15 is 0 Å². The van der Waals surface area contributed by atoms with Crippen LogP contribution in [0.2, 0.25) is 0 Å². The van der Waals surface area contributed by atoms with Crippen LogP contribution in [0.4, 0.5) is 0 Å². The van der Waals surface area contributed by atoms with Gasteiger partial charge in [-0.05, 0) is 57.2 Å². The maximum absolute atomic E-state index is 3.80. The largest absolute Gasteiger partial charge is 0.301 e. The van der Waals surface area contributed by atoms with Crippen molar-refractivity contribution in [1.82, 2.24) is 9.80 Å². The Morgan fingerprint density at radius 2 is 1.78 bits per heavy atom. The van der Waals surface area contributed by atoms with E-state index in [1.165, 1.54) is 83.0 Å². The monoisotopic (exact) mass is 314 g/mol. The Morgan fingerprint density at radius 1 is 1.00 bits per heavy atom. The first-order valence-corrected chi connectivity index (χ1v) is 8.96. The number of hydrogen-bond donors (Lipinski definition) is 0. The van der Waals surface area contributed by atoms with Gasteiger partial charge in [0, 0.05) is 24.5 Å². The second-order valence-electron chi connectivity index (χ2n) is 6.76. The maximum Gasteiger partial charge on any atom is 0.0223 e. The molecule has 1 aliphatic carbocycles. The molecule has 0 radical (unpaired) electrons. The van der Waals surface area contributed by atoms with Crippen molar-refractivity contribution in [3.63, 3.8) is 0 Å². The Balaban J connectivity index is 1.61. The molecular weight excluding hydrogens is 288 g/mol. The van der Waals surface area contributed by atoms with Gasteiger partial charge in [-0.15, -0.1) is 0 Å².